The Bertz CT molecular complexity index is 365. The molecule has 0 spiro atoms. The van der Waals surface area contributed by atoms with Crippen molar-refractivity contribution in [3.8, 4) is 11.5 Å². The Morgan fingerprint density at radius 3 is 2.13 bits per heavy atom. The van der Waals surface area contributed by atoms with E-state index < -0.39 is 0 Å². The molecule has 0 atom stereocenters. The third kappa shape index (κ3) is 2.09. The Kier molecular flexibility index (Phi) is 2.98. The van der Waals surface area contributed by atoms with Crippen molar-refractivity contribution < 1.29 is 10.2 Å². The molecule has 2 heteroatoms. The van der Waals surface area contributed by atoms with Gasteiger partial charge in [0.1, 0.15) is 11.5 Å². The summed E-state index contributed by atoms with van der Waals surface area (Å²) in [5.74, 6) is 0.908. The smallest absolute Gasteiger partial charge is 0.122 e. The molecule has 1 aromatic rings. The molecule has 15 heavy (non-hydrogen) atoms. The highest BCUT2D eigenvalue weighted by molar-refractivity contribution is 5.48. The molecule has 0 heterocycles. The van der Waals surface area contributed by atoms with E-state index in [0.29, 0.717) is 11.7 Å². The van der Waals surface area contributed by atoms with Crippen LogP contribution in [0.15, 0.2) is 12.1 Å². The summed E-state index contributed by atoms with van der Waals surface area (Å²) in [6.45, 7) is 10.2. The summed E-state index contributed by atoms with van der Waals surface area (Å²) in [6, 6.07) is 3.23. The zero-order valence-corrected chi connectivity index (χ0v) is 10.1. The van der Waals surface area contributed by atoms with E-state index in [1.807, 2.05) is 0 Å². The van der Waals surface area contributed by atoms with Crippen LogP contribution in [-0.2, 0) is 5.41 Å². The van der Waals surface area contributed by atoms with Gasteiger partial charge in [-0.15, -0.1) is 0 Å². The molecule has 1 rings (SSSR count). The minimum Gasteiger partial charge on any atom is -0.508 e. The third-order valence-corrected chi connectivity index (χ3v) is 3.42. The molecule has 1 aromatic carbocycles. The molecule has 0 saturated heterocycles. The maximum Gasteiger partial charge on any atom is 0.122 e. The summed E-state index contributed by atoms with van der Waals surface area (Å²) in [6.07, 6.45) is 0. The van der Waals surface area contributed by atoms with Crippen LogP contribution in [0.2, 0.25) is 0 Å². The van der Waals surface area contributed by atoms with Gasteiger partial charge >= 0.3 is 0 Å². The van der Waals surface area contributed by atoms with Crippen LogP contribution in [0.25, 0.3) is 0 Å². The molecule has 0 aliphatic carbocycles. The van der Waals surface area contributed by atoms with Gasteiger partial charge in [0.2, 0.25) is 0 Å². The van der Waals surface area contributed by atoms with Gasteiger partial charge < -0.3 is 10.2 Å². The molecule has 2 nitrogen and oxygen atoms in total. The van der Waals surface area contributed by atoms with Crippen LogP contribution in [0.5, 0.6) is 11.5 Å². The highest BCUT2D eigenvalue weighted by Gasteiger charge is 2.28. The van der Waals surface area contributed by atoms with Crippen molar-refractivity contribution in [3.63, 3.8) is 0 Å². The second kappa shape index (κ2) is 3.76. The summed E-state index contributed by atoms with van der Waals surface area (Å²) in [5.41, 5.74) is 1.39. The van der Waals surface area contributed by atoms with E-state index >= 15 is 0 Å². The van der Waals surface area contributed by atoms with Crippen LogP contribution in [0.4, 0.5) is 0 Å². The molecular formula is C13H20O2. The van der Waals surface area contributed by atoms with Gasteiger partial charge in [0.15, 0.2) is 0 Å². The van der Waals surface area contributed by atoms with Crippen LogP contribution in [0, 0.1) is 12.8 Å². The van der Waals surface area contributed by atoms with Gasteiger partial charge in [-0.2, -0.15) is 0 Å². The minimum absolute atomic E-state index is 0.145. The number of hydrogen-bond donors (Lipinski definition) is 2. The molecular weight excluding hydrogens is 188 g/mol. The first-order valence-electron chi connectivity index (χ1n) is 5.30. The van der Waals surface area contributed by atoms with E-state index in [1.54, 1.807) is 19.1 Å². The lowest BCUT2D eigenvalue weighted by Crippen LogP contribution is -2.24. The molecule has 0 aromatic heterocycles. The van der Waals surface area contributed by atoms with E-state index in [1.165, 1.54) is 0 Å². The number of phenols is 2. The SMILES string of the molecule is Cc1cc(O)cc(C(C)(C)C(C)C)c1O. The molecule has 84 valence electrons. The molecule has 0 amide bonds. The first-order chi connectivity index (χ1) is 6.76. The summed E-state index contributed by atoms with van der Waals surface area (Å²) in [5, 5.41) is 19.5. The topological polar surface area (TPSA) is 40.5 Å². The molecule has 0 unspecified atom stereocenters. The maximum absolute atomic E-state index is 10.00. The lowest BCUT2D eigenvalue weighted by atomic mass is 9.74. The Morgan fingerprint density at radius 2 is 1.67 bits per heavy atom. The van der Waals surface area contributed by atoms with Gasteiger partial charge in [-0.05, 0) is 36.0 Å². The standard InChI is InChI=1S/C13H20O2/c1-8(2)13(4,5)11-7-10(14)6-9(3)12(11)15/h6-8,14-15H,1-5H3. The van der Waals surface area contributed by atoms with Crippen LogP contribution in [0.3, 0.4) is 0 Å². The number of benzene rings is 1. The zero-order chi connectivity index (χ0) is 11.8. The van der Waals surface area contributed by atoms with Crippen molar-refractivity contribution in [2.75, 3.05) is 0 Å². The van der Waals surface area contributed by atoms with Crippen LogP contribution in [-0.4, -0.2) is 10.2 Å². The second-order valence-electron chi connectivity index (χ2n) is 5.04. The van der Waals surface area contributed by atoms with Crippen molar-refractivity contribution in [3.05, 3.63) is 23.3 Å². The molecule has 0 aliphatic heterocycles. The van der Waals surface area contributed by atoms with E-state index in [-0.39, 0.29) is 11.2 Å². The maximum atomic E-state index is 10.00. The Hall–Kier alpha value is -1.18. The first-order valence-corrected chi connectivity index (χ1v) is 5.30. The average Bonchev–Trinajstić information content (AvgIpc) is 2.10. The van der Waals surface area contributed by atoms with Crippen LogP contribution in [0.1, 0.15) is 38.8 Å². The Balaban J connectivity index is 3.37. The van der Waals surface area contributed by atoms with Gasteiger partial charge in [0.25, 0.3) is 0 Å². The van der Waals surface area contributed by atoms with Crippen LogP contribution < -0.4 is 0 Å². The first kappa shape index (κ1) is 11.9. The lowest BCUT2D eigenvalue weighted by molar-refractivity contribution is 0.348. The number of aromatic hydroxyl groups is 2. The lowest BCUT2D eigenvalue weighted by Gasteiger charge is -2.31. The molecule has 0 fully saturated rings. The predicted octanol–water partition coefficient (Wildman–Crippen LogP) is 3.34. The van der Waals surface area contributed by atoms with E-state index in [0.717, 1.165) is 11.1 Å². The van der Waals surface area contributed by atoms with Crippen molar-refractivity contribution in [1.82, 2.24) is 0 Å². The minimum atomic E-state index is -0.145. The highest BCUT2D eigenvalue weighted by Crippen LogP contribution is 2.40. The number of hydrogen-bond acceptors (Lipinski definition) is 2. The molecule has 2 N–H and O–H groups in total. The van der Waals surface area contributed by atoms with Gasteiger partial charge in [-0.3, -0.25) is 0 Å². The molecule has 0 radical (unpaired) electrons. The van der Waals surface area contributed by atoms with E-state index in [2.05, 4.69) is 27.7 Å². The normalized spacial score (nSPS) is 12.1. The fourth-order valence-corrected chi connectivity index (χ4v) is 1.56. The number of aryl methyl sites for hydroxylation is 1. The van der Waals surface area contributed by atoms with Crippen LogP contribution >= 0.6 is 0 Å². The summed E-state index contributed by atoms with van der Waals surface area (Å²) in [7, 11) is 0. The number of rotatable bonds is 2. The van der Waals surface area contributed by atoms with Crippen molar-refractivity contribution >= 4 is 0 Å². The second-order valence-corrected chi connectivity index (χ2v) is 5.04. The van der Waals surface area contributed by atoms with Gasteiger partial charge in [0, 0.05) is 5.56 Å². The third-order valence-electron chi connectivity index (χ3n) is 3.42. The quantitative estimate of drug-likeness (QED) is 0.732. The van der Waals surface area contributed by atoms with Gasteiger partial charge in [0.05, 0.1) is 0 Å². The average molecular weight is 208 g/mol. The van der Waals surface area contributed by atoms with Crippen molar-refractivity contribution in [2.24, 2.45) is 5.92 Å². The molecule has 0 saturated carbocycles. The van der Waals surface area contributed by atoms with Crippen molar-refractivity contribution in [2.45, 2.75) is 40.0 Å². The monoisotopic (exact) mass is 208 g/mol. The Morgan fingerprint density at radius 1 is 1.13 bits per heavy atom. The van der Waals surface area contributed by atoms with E-state index in [9.17, 15) is 10.2 Å². The zero-order valence-electron chi connectivity index (χ0n) is 10.1. The van der Waals surface area contributed by atoms with Gasteiger partial charge in [-0.1, -0.05) is 27.7 Å². The predicted molar refractivity (Wildman–Crippen MR) is 62.4 cm³/mol. The summed E-state index contributed by atoms with van der Waals surface area (Å²) in [4.78, 5) is 0. The summed E-state index contributed by atoms with van der Waals surface area (Å²) < 4.78 is 0. The highest BCUT2D eigenvalue weighted by atomic mass is 16.3. The molecule has 0 aliphatic rings. The van der Waals surface area contributed by atoms with Crippen molar-refractivity contribution in [1.29, 1.82) is 0 Å². The largest absolute Gasteiger partial charge is 0.508 e. The van der Waals surface area contributed by atoms with Gasteiger partial charge in [-0.25, -0.2) is 0 Å². The molecule has 0 bridgehead atoms. The fraction of sp³-hybridized carbons (Fsp3) is 0.538. The Labute approximate surface area is 91.6 Å². The van der Waals surface area contributed by atoms with E-state index in [4.69, 9.17) is 0 Å². The summed E-state index contributed by atoms with van der Waals surface area (Å²) >= 11 is 0. The fourth-order valence-electron chi connectivity index (χ4n) is 1.56. The number of phenolic OH excluding ortho intramolecular Hbond substituents is 2.